The number of piperidine rings is 1. The minimum Gasteiger partial charge on any atom is -0.356 e. The molecule has 0 spiro atoms. The van der Waals surface area contributed by atoms with Gasteiger partial charge < -0.3 is 5.32 Å². The predicted octanol–water partition coefficient (Wildman–Crippen LogP) is 2.11. The van der Waals surface area contributed by atoms with E-state index >= 15 is 0 Å². The van der Waals surface area contributed by atoms with Gasteiger partial charge in [0, 0.05) is 38.6 Å². The number of benzene rings is 1. The molecule has 8 heteroatoms. The Labute approximate surface area is 161 Å². The second-order valence-corrected chi connectivity index (χ2v) is 10.1. The number of amides is 1. The van der Waals surface area contributed by atoms with Gasteiger partial charge in [-0.2, -0.15) is 17.0 Å². The van der Waals surface area contributed by atoms with Crippen LogP contribution in [0.25, 0.3) is 0 Å². The van der Waals surface area contributed by atoms with Crippen molar-refractivity contribution in [2.75, 3.05) is 39.5 Å². The molecule has 0 radical (unpaired) electrons. The Morgan fingerprint density at radius 3 is 2.65 bits per heavy atom. The molecular weight excluding hydrogens is 370 g/mol. The summed E-state index contributed by atoms with van der Waals surface area (Å²) in [5, 5.41) is 2.96. The summed E-state index contributed by atoms with van der Waals surface area (Å²) >= 11 is 1.78. The first-order valence-electron chi connectivity index (χ1n) is 8.95. The molecule has 0 saturated carbocycles. The molecule has 26 heavy (non-hydrogen) atoms. The summed E-state index contributed by atoms with van der Waals surface area (Å²) in [4.78, 5) is 13.6. The van der Waals surface area contributed by atoms with E-state index in [-0.39, 0.29) is 18.4 Å². The van der Waals surface area contributed by atoms with Crippen LogP contribution in [0.5, 0.6) is 0 Å². The molecule has 1 amide bonds. The van der Waals surface area contributed by atoms with Gasteiger partial charge in [0.2, 0.25) is 5.91 Å². The number of carbonyl (C=O) groups is 1. The van der Waals surface area contributed by atoms with Crippen LogP contribution in [0, 0.1) is 12.8 Å². The highest BCUT2D eigenvalue weighted by molar-refractivity contribution is 7.99. The van der Waals surface area contributed by atoms with Crippen molar-refractivity contribution < 1.29 is 13.2 Å². The molecule has 1 heterocycles. The molecule has 1 aliphatic rings. The highest BCUT2D eigenvalue weighted by Gasteiger charge is 2.33. The average molecular weight is 400 g/mol. The summed E-state index contributed by atoms with van der Waals surface area (Å²) in [6.45, 7) is 3.44. The molecule has 0 bridgehead atoms. The lowest BCUT2D eigenvalue weighted by atomic mass is 9.99. The van der Waals surface area contributed by atoms with Gasteiger partial charge in [0.25, 0.3) is 10.2 Å². The monoisotopic (exact) mass is 399 g/mol. The molecule has 1 N–H and O–H groups in total. The first kappa shape index (κ1) is 21.2. The minimum absolute atomic E-state index is 0.0380. The van der Waals surface area contributed by atoms with Crippen molar-refractivity contribution in [3.63, 3.8) is 0 Å². The molecule has 1 fully saturated rings. The number of hydrogen-bond acceptors (Lipinski definition) is 4. The normalized spacial score (nSPS) is 18.8. The van der Waals surface area contributed by atoms with E-state index in [1.807, 2.05) is 0 Å². The largest absolute Gasteiger partial charge is 0.356 e. The third kappa shape index (κ3) is 5.97. The Balaban J connectivity index is 1.71. The molecule has 1 saturated heterocycles. The van der Waals surface area contributed by atoms with Crippen LogP contribution in [-0.4, -0.2) is 62.4 Å². The highest BCUT2D eigenvalue weighted by atomic mass is 32.2. The van der Waals surface area contributed by atoms with Gasteiger partial charge in [-0.15, -0.1) is 11.8 Å². The van der Waals surface area contributed by atoms with E-state index in [1.165, 1.54) is 33.2 Å². The summed E-state index contributed by atoms with van der Waals surface area (Å²) in [5.41, 5.74) is 1.25. The van der Waals surface area contributed by atoms with Gasteiger partial charge in [-0.05, 0) is 44.1 Å². The maximum Gasteiger partial charge on any atom is 0.281 e. The van der Waals surface area contributed by atoms with Crippen molar-refractivity contribution in [1.82, 2.24) is 13.9 Å². The van der Waals surface area contributed by atoms with Gasteiger partial charge in [0.15, 0.2) is 0 Å². The summed E-state index contributed by atoms with van der Waals surface area (Å²) in [6, 6.07) is 8.42. The second kappa shape index (κ2) is 9.73. The number of hydrogen-bond donors (Lipinski definition) is 1. The van der Waals surface area contributed by atoms with Crippen molar-refractivity contribution in [3.05, 3.63) is 29.8 Å². The smallest absolute Gasteiger partial charge is 0.281 e. The fraction of sp³-hybridized carbons (Fsp3) is 0.611. The van der Waals surface area contributed by atoms with Gasteiger partial charge in [-0.1, -0.05) is 17.7 Å². The number of thioether (sulfide) groups is 1. The van der Waals surface area contributed by atoms with Gasteiger partial charge in [-0.25, -0.2) is 0 Å². The zero-order valence-corrected chi connectivity index (χ0v) is 17.4. The Morgan fingerprint density at radius 2 is 2.00 bits per heavy atom. The quantitative estimate of drug-likeness (QED) is 0.537. The SMILES string of the molecule is Cc1ccc(SCCCNC(=O)[C@@H]2CCCN(S(=O)(=O)N(C)C)C2)cc1. The van der Waals surface area contributed by atoms with Crippen LogP contribution in [0.1, 0.15) is 24.8 Å². The average Bonchev–Trinajstić information content (AvgIpc) is 2.62. The van der Waals surface area contributed by atoms with Crippen LogP contribution >= 0.6 is 11.8 Å². The van der Waals surface area contributed by atoms with Gasteiger partial charge in [-0.3, -0.25) is 4.79 Å². The molecule has 1 aliphatic heterocycles. The van der Waals surface area contributed by atoms with Crippen LogP contribution < -0.4 is 5.32 Å². The summed E-state index contributed by atoms with van der Waals surface area (Å²) in [5.74, 6) is 0.641. The van der Waals surface area contributed by atoms with Crippen LogP contribution in [0.15, 0.2) is 29.2 Å². The summed E-state index contributed by atoms with van der Waals surface area (Å²) < 4.78 is 27.1. The van der Waals surface area contributed by atoms with Crippen molar-refractivity contribution in [1.29, 1.82) is 0 Å². The maximum absolute atomic E-state index is 12.4. The van der Waals surface area contributed by atoms with Crippen LogP contribution in [0.3, 0.4) is 0 Å². The first-order chi connectivity index (χ1) is 12.3. The molecule has 2 rings (SSSR count). The number of aryl methyl sites for hydroxylation is 1. The maximum atomic E-state index is 12.4. The summed E-state index contributed by atoms with van der Waals surface area (Å²) in [6.07, 6.45) is 2.34. The van der Waals surface area contributed by atoms with E-state index < -0.39 is 10.2 Å². The molecule has 146 valence electrons. The molecule has 1 atom stereocenters. The standard InChI is InChI=1S/C18H29N3O3S2/c1-15-7-9-17(10-8-15)25-13-5-11-19-18(22)16-6-4-12-21(14-16)26(23,24)20(2)3/h7-10,16H,4-6,11-14H2,1-3H3,(H,19,22)/t16-/m1/s1. The van der Waals surface area contributed by atoms with Gasteiger partial charge in [0.05, 0.1) is 5.92 Å². The zero-order chi connectivity index (χ0) is 19.2. The van der Waals surface area contributed by atoms with Crippen molar-refractivity contribution in [3.8, 4) is 0 Å². The predicted molar refractivity (Wildman–Crippen MR) is 106 cm³/mol. The van der Waals surface area contributed by atoms with E-state index in [1.54, 1.807) is 11.8 Å². The van der Waals surface area contributed by atoms with Crippen molar-refractivity contribution in [2.24, 2.45) is 5.92 Å². The fourth-order valence-corrected chi connectivity index (χ4v) is 4.89. The molecule has 6 nitrogen and oxygen atoms in total. The van der Waals surface area contributed by atoms with E-state index in [4.69, 9.17) is 0 Å². The van der Waals surface area contributed by atoms with Crippen molar-refractivity contribution in [2.45, 2.75) is 31.1 Å². The lowest BCUT2D eigenvalue weighted by molar-refractivity contribution is -0.126. The van der Waals surface area contributed by atoms with Gasteiger partial charge in [0.1, 0.15) is 0 Å². The number of carbonyl (C=O) groups excluding carboxylic acids is 1. The van der Waals surface area contributed by atoms with E-state index in [2.05, 4.69) is 36.5 Å². The first-order valence-corrected chi connectivity index (χ1v) is 11.3. The van der Waals surface area contributed by atoms with Gasteiger partial charge >= 0.3 is 0 Å². The highest BCUT2D eigenvalue weighted by Crippen LogP contribution is 2.21. The Bertz CT molecular complexity index is 690. The second-order valence-electron chi connectivity index (χ2n) is 6.79. The molecule has 0 aliphatic carbocycles. The Morgan fingerprint density at radius 1 is 1.31 bits per heavy atom. The van der Waals surface area contributed by atoms with Crippen LogP contribution in [0.2, 0.25) is 0 Å². The molecular formula is C18H29N3O3S2. The Kier molecular flexibility index (Phi) is 7.94. The molecule has 1 aromatic rings. The fourth-order valence-electron chi connectivity index (χ4n) is 2.85. The van der Waals surface area contributed by atoms with E-state index in [0.29, 0.717) is 19.5 Å². The van der Waals surface area contributed by atoms with E-state index in [9.17, 15) is 13.2 Å². The number of nitrogens with zero attached hydrogens (tertiary/aromatic N) is 2. The number of rotatable bonds is 8. The minimum atomic E-state index is -3.45. The summed E-state index contributed by atoms with van der Waals surface area (Å²) in [7, 11) is -0.409. The number of nitrogens with one attached hydrogen (secondary N) is 1. The van der Waals surface area contributed by atoms with E-state index in [0.717, 1.165) is 18.6 Å². The third-order valence-electron chi connectivity index (χ3n) is 4.45. The van der Waals surface area contributed by atoms with Crippen LogP contribution in [-0.2, 0) is 15.0 Å². The zero-order valence-electron chi connectivity index (χ0n) is 15.8. The van der Waals surface area contributed by atoms with Crippen LogP contribution in [0.4, 0.5) is 0 Å². The van der Waals surface area contributed by atoms with Crippen molar-refractivity contribution >= 4 is 27.9 Å². The lowest BCUT2D eigenvalue weighted by Crippen LogP contribution is -2.48. The molecule has 1 aromatic carbocycles. The molecule has 0 unspecified atom stereocenters. The topological polar surface area (TPSA) is 69.7 Å². The Hall–Kier alpha value is -1.09. The third-order valence-corrected chi connectivity index (χ3v) is 7.46. The lowest BCUT2D eigenvalue weighted by Gasteiger charge is -2.32. The molecule has 0 aromatic heterocycles.